The molecule has 4 rings (SSSR count). The molecule has 1 aliphatic carbocycles. The van der Waals surface area contributed by atoms with Crippen molar-refractivity contribution in [3.63, 3.8) is 0 Å². The third-order valence-electron chi connectivity index (χ3n) is 5.56. The van der Waals surface area contributed by atoms with Gasteiger partial charge in [0.25, 0.3) is 5.91 Å². The summed E-state index contributed by atoms with van der Waals surface area (Å²) in [6.07, 6.45) is 2.86. The molecule has 2 amide bonds. The maximum atomic E-state index is 13.2. The Labute approximate surface area is 170 Å². The summed E-state index contributed by atoms with van der Waals surface area (Å²) in [6.45, 7) is -0.0614. The fourth-order valence-corrected chi connectivity index (χ4v) is 5.68. The Morgan fingerprint density at radius 3 is 2.48 bits per heavy atom. The van der Waals surface area contributed by atoms with Gasteiger partial charge >= 0.3 is 0 Å². The van der Waals surface area contributed by atoms with E-state index in [1.54, 1.807) is 0 Å². The molecule has 2 aliphatic rings. The lowest BCUT2D eigenvalue weighted by molar-refractivity contribution is -0.172. The Morgan fingerprint density at radius 2 is 1.85 bits per heavy atom. The van der Waals surface area contributed by atoms with Gasteiger partial charge in [0.2, 0.25) is 5.91 Å². The van der Waals surface area contributed by atoms with Crippen molar-refractivity contribution in [2.75, 3.05) is 6.54 Å². The molecule has 7 heteroatoms. The molecule has 2 heterocycles. The number of hydroxylamine groups is 2. The summed E-state index contributed by atoms with van der Waals surface area (Å²) in [6, 6.07) is 12.3. The molecule has 27 heavy (non-hydrogen) atoms. The Kier molecular flexibility index (Phi) is 5.34. The summed E-state index contributed by atoms with van der Waals surface area (Å²) in [5.74, 6) is -0.0548. The van der Waals surface area contributed by atoms with Crippen LogP contribution in [0, 0.1) is 5.92 Å². The number of halogens is 1. The average molecular weight is 449 g/mol. The van der Waals surface area contributed by atoms with Crippen molar-refractivity contribution in [2.24, 2.45) is 5.92 Å². The van der Waals surface area contributed by atoms with Crippen LogP contribution < -0.4 is 0 Å². The SMILES string of the molecule is O=C1CN(C(=O)[C@H]2CC[C@H](c3ccccc3)CC2)C(c2cc(Br)cs2)N1O. The van der Waals surface area contributed by atoms with Crippen molar-refractivity contribution in [1.82, 2.24) is 9.96 Å². The highest BCUT2D eigenvalue weighted by Crippen LogP contribution is 2.40. The molecule has 1 N–H and O–H groups in total. The van der Waals surface area contributed by atoms with E-state index in [1.807, 2.05) is 17.5 Å². The molecule has 2 fully saturated rings. The molecule has 0 radical (unpaired) electrons. The van der Waals surface area contributed by atoms with Crippen LogP contribution in [-0.4, -0.2) is 33.5 Å². The number of hydrogen-bond acceptors (Lipinski definition) is 4. The fourth-order valence-electron chi connectivity index (χ4n) is 4.14. The minimum atomic E-state index is -0.715. The number of carbonyl (C=O) groups excluding carboxylic acids is 2. The summed E-state index contributed by atoms with van der Waals surface area (Å²) in [7, 11) is 0. The number of nitrogens with zero attached hydrogens (tertiary/aromatic N) is 2. The minimum absolute atomic E-state index is 0.0269. The second-order valence-electron chi connectivity index (χ2n) is 7.20. The molecule has 0 bridgehead atoms. The van der Waals surface area contributed by atoms with E-state index in [2.05, 4.69) is 40.2 Å². The van der Waals surface area contributed by atoms with Crippen LogP contribution in [0.1, 0.15) is 48.2 Å². The highest BCUT2D eigenvalue weighted by Gasteiger charge is 2.44. The van der Waals surface area contributed by atoms with E-state index < -0.39 is 12.1 Å². The number of thiophene rings is 1. The molecule has 1 aliphatic heterocycles. The van der Waals surface area contributed by atoms with Gasteiger partial charge in [-0.15, -0.1) is 11.3 Å². The number of benzene rings is 1. The number of rotatable bonds is 3. The fraction of sp³-hybridized carbons (Fsp3) is 0.400. The minimum Gasteiger partial charge on any atom is -0.306 e. The Hall–Kier alpha value is -1.70. The second kappa shape index (κ2) is 7.73. The monoisotopic (exact) mass is 448 g/mol. The Bertz CT molecular complexity index is 833. The topological polar surface area (TPSA) is 60.9 Å². The van der Waals surface area contributed by atoms with E-state index >= 15 is 0 Å². The van der Waals surface area contributed by atoms with Gasteiger partial charge in [-0.05, 0) is 59.2 Å². The third kappa shape index (κ3) is 3.68. The van der Waals surface area contributed by atoms with Crippen LogP contribution in [0.15, 0.2) is 46.3 Å². The van der Waals surface area contributed by atoms with Gasteiger partial charge in [-0.2, -0.15) is 5.06 Å². The van der Waals surface area contributed by atoms with Crippen molar-refractivity contribution < 1.29 is 14.8 Å². The van der Waals surface area contributed by atoms with Gasteiger partial charge in [-0.1, -0.05) is 30.3 Å². The summed E-state index contributed by atoms with van der Waals surface area (Å²) in [5, 5.41) is 12.8. The van der Waals surface area contributed by atoms with E-state index in [0.717, 1.165) is 35.0 Å². The molecule has 0 spiro atoms. The lowest BCUT2D eigenvalue weighted by atomic mass is 9.78. The molecular formula is C20H21BrN2O3S. The van der Waals surface area contributed by atoms with Crippen LogP contribution in [0.2, 0.25) is 0 Å². The number of carbonyl (C=O) groups is 2. The Morgan fingerprint density at radius 1 is 1.15 bits per heavy atom. The van der Waals surface area contributed by atoms with Crippen molar-refractivity contribution in [1.29, 1.82) is 0 Å². The lowest BCUT2D eigenvalue weighted by Gasteiger charge is -2.32. The van der Waals surface area contributed by atoms with Gasteiger partial charge in [0.05, 0.1) is 4.88 Å². The number of amides is 2. The summed E-state index contributed by atoms with van der Waals surface area (Å²) < 4.78 is 0.881. The van der Waals surface area contributed by atoms with Gasteiger partial charge in [-0.3, -0.25) is 14.8 Å². The summed E-state index contributed by atoms with van der Waals surface area (Å²) in [4.78, 5) is 27.5. The quantitative estimate of drug-likeness (QED) is 0.700. The van der Waals surface area contributed by atoms with E-state index in [4.69, 9.17) is 0 Å². The lowest BCUT2D eigenvalue weighted by Crippen LogP contribution is -2.39. The van der Waals surface area contributed by atoms with Crippen LogP contribution in [0.5, 0.6) is 0 Å². The molecule has 2 aromatic rings. The molecule has 142 valence electrons. The Balaban J connectivity index is 1.46. The molecule has 5 nitrogen and oxygen atoms in total. The first kappa shape index (κ1) is 18.7. The summed E-state index contributed by atoms with van der Waals surface area (Å²) >= 11 is 4.82. The van der Waals surface area contributed by atoms with Gasteiger partial charge in [-0.25, -0.2) is 0 Å². The zero-order chi connectivity index (χ0) is 19.0. The predicted octanol–water partition coefficient (Wildman–Crippen LogP) is 4.54. The third-order valence-corrected chi connectivity index (χ3v) is 7.29. The predicted molar refractivity (Wildman–Crippen MR) is 106 cm³/mol. The van der Waals surface area contributed by atoms with Crippen molar-refractivity contribution in [3.05, 3.63) is 56.7 Å². The molecule has 1 saturated carbocycles. The zero-order valence-electron chi connectivity index (χ0n) is 14.8. The number of hydrogen-bond donors (Lipinski definition) is 1. The molecular weight excluding hydrogens is 428 g/mol. The van der Waals surface area contributed by atoms with Crippen LogP contribution in [0.25, 0.3) is 0 Å². The van der Waals surface area contributed by atoms with Crippen molar-refractivity contribution in [2.45, 2.75) is 37.8 Å². The van der Waals surface area contributed by atoms with Gasteiger partial charge in [0.1, 0.15) is 6.54 Å². The largest absolute Gasteiger partial charge is 0.306 e. The van der Waals surface area contributed by atoms with Gasteiger partial charge in [0, 0.05) is 15.8 Å². The first-order chi connectivity index (χ1) is 13.0. The van der Waals surface area contributed by atoms with Crippen molar-refractivity contribution in [3.8, 4) is 0 Å². The standard InChI is InChI=1S/C20H21BrN2O3S/c21-16-10-17(27-12-16)19-22(11-18(24)23(19)26)20(25)15-8-6-14(7-9-15)13-4-2-1-3-5-13/h1-5,10,12,14-15,19,26H,6-9,11H2/t14-,15-,19?. The summed E-state index contributed by atoms with van der Waals surface area (Å²) in [5.41, 5.74) is 1.34. The van der Waals surface area contributed by atoms with Crippen LogP contribution >= 0.6 is 27.3 Å². The van der Waals surface area contributed by atoms with Crippen LogP contribution in [0.4, 0.5) is 0 Å². The highest BCUT2D eigenvalue weighted by atomic mass is 79.9. The maximum Gasteiger partial charge on any atom is 0.267 e. The van der Waals surface area contributed by atoms with E-state index in [0.29, 0.717) is 11.0 Å². The molecule has 1 saturated heterocycles. The van der Waals surface area contributed by atoms with Gasteiger partial charge < -0.3 is 4.90 Å². The van der Waals surface area contributed by atoms with Crippen molar-refractivity contribution >= 4 is 39.1 Å². The normalized spacial score (nSPS) is 25.9. The van der Waals surface area contributed by atoms with E-state index in [9.17, 15) is 14.8 Å². The molecule has 1 aromatic carbocycles. The van der Waals surface area contributed by atoms with E-state index in [1.165, 1.54) is 21.8 Å². The molecule has 1 aromatic heterocycles. The smallest absolute Gasteiger partial charge is 0.267 e. The second-order valence-corrected chi connectivity index (χ2v) is 9.06. The maximum absolute atomic E-state index is 13.2. The molecule has 1 atom stereocenters. The van der Waals surface area contributed by atoms with Gasteiger partial charge in [0.15, 0.2) is 6.17 Å². The van der Waals surface area contributed by atoms with Crippen LogP contribution in [-0.2, 0) is 9.59 Å². The van der Waals surface area contributed by atoms with Crippen LogP contribution in [0.3, 0.4) is 0 Å². The highest BCUT2D eigenvalue weighted by molar-refractivity contribution is 9.10. The average Bonchev–Trinajstić information content (AvgIpc) is 3.25. The first-order valence-corrected chi connectivity index (χ1v) is 10.8. The first-order valence-electron chi connectivity index (χ1n) is 9.15. The van der Waals surface area contributed by atoms with E-state index in [-0.39, 0.29) is 18.4 Å². The zero-order valence-corrected chi connectivity index (χ0v) is 17.2. The molecule has 1 unspecified atom stereocenters.